The highest BCUT2D eigenvalue weighted by Crippen LogP contribution is 2.27. The van der Waals surface area contributed by atoms with Gasteiger partial charge < -0.3 is 9.88 Å². The van der Waals surface area contributed by atoms with Gasteiger partial charge in [-0.2, -0.15) is 0 Å². The number of hydrogen-bond acceptors (Lipinski definition) is 6. The number of nitrogens with one attached hydrogen (secondary N) is 1. The number of rotatable bonds is 8. The molecule has 0 aliphatic heterocycles. The van der Waals surface area contributed by atoms with Crippen LogP contribution in [0.2, 0.25) is 0 Å². The number of anilines is 1. The Hall–Kier alpha value is -2.38. The van der Waals surface area contributed by atoms with E-state index in [1.54, 1.807) is 6.08 Å². The third kappa shape index (κ3) is 4.05. The van der Waals surface area contributed by atoms with Crippen molar-refractivity contribution in [3.63, 3.8) is 0 Å². The van der Waals surface area contributed by atoms with Gasteiger partial charge in [-0.1, -0.05) is 47.4 Å². The lowest BCUT2D eigenvalue weighted by atomic mass is 10.2. The zero-order valence-corrected chi connectivity index (χ0v) is 16.4. The molecule has 3 rings (SSSR count). The first-order valence-corrected chi connectivity index (χ1v) is 9.99. The molecule has 0 unspecified atom stereocenters. The van der Waals surface area contributed by atoms with E-state index >= 15 is 0 Å². The Kier molecular flexibility index (Phi) is 5.90. The van der Waals surface area contributed by atoms with E-state index in [2.05, 4.69) is 26.7 Å². The molecular formula is C19H20N4OS2. The van der Waals surface area contributed by atoms with Gasteiger partial charge in [0.05, 0.1) is 5.75 Å². The van der Waals surface area contributed by atoms with E-state index in [0.29, 0.717) is 12.3 Å². The van der Waals surface area contributed by atoms with E-state index in [9.17, 15) is 4.79 Å². The lowest BCUT2D eigenvalue weighted by Gasteiger charge is -2.09. The van der Waals surface area contributed by atoms with Gasteiger partial charge in [0.1, 0.15) is 0 Å². The van der Waals surface area contributed by atoms with Crippen LogP contribution >= 0.6 is 23.1 Å². The molecule has 3 aromatic rings. The van der Waals surface area contributed by atoms with Gasteiger partial charge in [-0.15, -0.1) is 16.8 Å². The summed E-state index contributed by atoms with van der Waals surface area (Å²) in [6.07, 6.45) is 1.76. The first-order chi connectivity index (χ1) is 12.6. The van der Waals surface area contributed by atoms with E-state index in [1.165, 1.54) is 23.1 Å². The summed E-state index contributed by atoms with van der Waals surface area (Å²) in [5.74, 6) is 0.441. The van der Waals surface area contributed by atoms with Crippen LogP contribution in [0.4, 0.5) is 5.13 Å². The van der Waals surface area contributed by atoms with Gasteiger partial charge in [0.15, 0.2) is 10.1 Å². The second kappa shape index (κ2) is 8.33. The zero-order chi connectivity index (χ0) is 18.5. The molecule has 0 radical (unpaired) electrons. The molecule has 134 valence electrons. The average molecular weight is 385 g/mol. The van der Waals surface area contributed by atoms with Crippen LogP contribution in [0.25, 0.3) is 5.69 Å². The van der Waals surface area contributed by atoms with Gasteiger partial charge in [-0.05, 0) is 32.0 Å². The van der Waals surface area contributed by atoms with E-state index in [4.69, 9.17) is 0 Å². The van der Waals surface area contributed by atoms with Gasteiger partial charge in [-0.3, -0.25) is 4.79 Å². The maximum Gasteiger partial charge on any atom is 0.206 e. The molecule has 0 fully saturated rings. The quantitative estimate of drug-likeness (QED) is 0.351. The van der Waals surface area contributed by atoms with Crippen LogP contribution in [-0.2, 0) is 0 Å². The number of ketones is 1. The highest BCUT2D eigenvalue weighted by molar-refractivity contribution is 8.01. The Bertz CT molecular complexity index is 915. The minimum atomic E-state index is 0.0982. The summed E-state index contributed by atoms with van der Waals surface area (Å²) in [5, 5.41) is 12.0. The zero-order valence-electron chi connectivity index (χ0n) is 14.7. The Morgan fingerprint density at radius 1 is 1.31 bits per heavy atom. The van der Waals surface area contributed by atoms with Crippen molar-refractivity contribution in [2.45, 2.75) is 18.2 Å². The van der Waals surface area contributed by atoms with E-state index < -0.39 is 0 Å². The number of nitrogens with zero attached hydrogens (tertiary/aromatic N) is 3. The molecule has 0 aliphatic rings. The van der Waals surface area contributed by atoms with Crippen molar-refractivity contribution in [3.05, 3.63) is 66.0 Å². The van der Waals surface area contributed by atoms with E-state index in [1.807, 2.05) is 50.2 Å². The number of hydrogen-bond donors (Lipinski definition) is 1. The SMILES string of the molecule is C=CCNc1nnc(SCC(=O)c2cc(C)n(-c3ccccc3)c2C)s1. The summed E-state index contributed by atoms with van der Waals surface area (Å²) in [6.45, 7) is 8.31. The monoisotopic (exact) mass is 384 g/mol. The van der Waals surface area contributed by atoms with Crippen LogP contribution in [-0.4, -0.2) is 32.8 Å². The third-order valence-electron chi connectivity index (χ3n) is 3.88. The summed E-state index contributed by atoms with van der Waals surface area (Å²) >= 11 is 2.86. The number of thioether (sulfide) groups is 1. The van der Waals surface area contributed by atoms with Crippen molar-refractivity contribution in [1.29, 1.82) is 0 Å². The van der Waals surface area contributed by atoms with Crippen molar-refractivity contribution in [1.82, 2.24) is 14.8 Å². The Morgan fingerprint density at radius 2 is 2.08 bits per heavy atom. The molecule has 0 amide bonds. The van der Waals surface area contributed by atoms with Gasteiger partial charge in [0.25, 0.3) is 0 Å². The first-order valence-electron chi connectivity index (χ1n) is 8.18. The molecule has 2 heterocycles. The smallest absolute Gasteiger partial charge is 0.206 e. The predicted octanol–water partition coefficient (Wildman–Crippen LogP) is 4.52. The van der Waals surface area contributed by atoms with Crippen LogP contribution in [0.1, 0.15) is 21.7 Å². The van der Waals surface area contributed by atoms with Gasteiger partial charge in [0.2, 0.25) is 5.13 Å². The summed E-state index contributed by atoms with van der Waals surface area (Å²) in [4.78, 5) is 12.7. The number of Topliss-reactive ketones (excluding diaryl/α,β-unsaturated/α-hetero) is 1. The number of aryl methyl sites for hydroxylation is 1. The van der Waals surface area contributed by atoms with Gasteiger partial charge >= 0.3 is 0 Å². The van der Waals surface area contributed by atoms with Crippen LogP contribution in [0.5, 0.6) is 0 Å². The van der Waals surface area contributed by atoms with Crippen molar-refractivity contribution in [2.24, 2.45) is 0 Å². The Morgan fingerprint density at radius 3 is 2.81 bits per heavy atom. The maximum absolute atomic E-state index is 12.7. The molecule has 0 aliphatic carbocycles. The van der Waals surface area contributed by atoms with Crippen LogP contribution in [0, 0.1) is 13.8 Å². The van der Waals surface area contributed by atoms with Crippen molar-refractivity contribution in [3.8, 4) is 5.69 Å². The fraction of sp³-hybridized carbons (Fsp3) is 0.211. The van der Waals surface area contributed by atoms with Crippen molar-refractivity contribution >= 4 is 34.0 Å². The van der Waals surface area contributed by atoms with Crippen LogP contribution in [0.15, 0.2) is 53.4 Å². The average Bonchev–Trinajstić information content (AvgIpc) is 3.22. The molecule has 26 heavy (non-hydrogen) atoms. The molecule has 0 saturated heterocycles. The van der Waals surface area contributed by atoms with Crippen molar-refractivity contribution < 1.29 is 4.79 Å². The minimum absolute atomic E-state index is 0.0982. The maximum atomic E-state index is 12.7. The standard InChI is InChI=1S/C19H20N4OS2/c1-4-10-20-18-21-22-19(26-18)25-12-17(24)16-11-13(2)23(14(16)3)15-8-6-5-7-9-15/h4-9,11H,1,10,12H2,2-3H3,(H,20,21). The molecule has 1 aromatic carbocycles. The molecule has 5 nitrogen and oxygen atoms in total. The molecule has 7 heteroatoms. The van der Waals surface area contributed by atoms with Crippen molar-refractivity contribution in [2.75, 3.05) is 17.6 Å². The lowest BCUT2D eigenvalue weighted by molar-refractivity contribution is 0.102. The Balaban J connectivity index is 1.71. The molecule has 0 saturated carbocycles. The number of carbonyl (C=O) groups is 1. The molecule has 0 bridgehead atoms. The Labute approximate surface area is 161 Å². The van der Waals surface area contributed by atoms with Gasteiger partial charge in [-0.25, -0.2) is 0 Å². The second-order valence-corrected chi connectivity index (χ2v) is 7.91. The highest BCUT2D eigenvalue weighted by atomic mass is 32.2. The molecule has 1 N–H and O–H groups in total. The fourth-order valence-electron chi connectivity index (χ4n) is 2.72. The molecule has 2 aromatic heterocycles. The van der Waals surface area contributed by atoms with Crippen LogP contribution < -0.4 is 5.32 Å². The topological polar surface area (TPSA) is 59.8 Å². The number of carbonyl (C=O) groups excluding carboxylic acids is 1. The summed E-state index contributed by atoms with van der Waals surface area (Å²) in [5.41, 5.74) is 3.84. The summed E-state index contributed by atoms with van der Waals surface area (Å²) < 4.78 is 2.89. The molecule has 0 spiro atoms. The number of aromatic nitrogens is 3. The molecular weight excluding hydrogens is 364 g/mol. The third-order valence-corrected chi connectivity index (χ3v) is 5.89. The van der Waals surface area contributed by atoms with E-state index in [0.717, 1.165) is 32.1 Å². The normalized spacial score (nSPS) is 10.7. The fourth-order valence-corrected chi connectivity index (χ4v) is 4.37. The largest absolute Gasteiger partial charge is 0.357 e. The number of benzene rings is 1. The lowest BCUT2D eigenvalue weighted by Crippen LogP contribution is -2.05. The number of para-hydroxylation sites is 1. The molecule has 0 atom stereocenters. The summed E-state index contributed by atoms with van der Waals surface area (Å²) in [6, 6.07) is 12.0. The van der Waals surface area contributed by atoms with Gasteiger partial charge in [0, 0.05) is 29.2 Å². The highest BCUT2D eigenvalue weighted by Gasteiger charge is 2.17. The predicted molar refractivity (Wildman–Crippen MR) is 109 cm³/mol. The second-order valence-electron chi connectivity index (χ2n) is 5.71. The van der Waals surface area contributed by atoms with Crippen LogP contribution in [0.3, 0.4) is 0 Å². The van der Waals surface area contributed by atoms with E-state index in [-0.39, 0.29) is 5.78 Å². The summed E-state index contributed by atoms with van der Waals surface area (Å²) in [7, 11) is 0. The first kappa shape index (κ1) is 18.4. The minimum Gasteiger partial charge on any atom is -0.357 e.